The zero-order chi connectivity index (χ0) is 15.6. The van der Waals surface area contributed by atoms with Crippen molar-refractivity contribution >= 4 is 23.8 Å². The average molecular weight is 315 g/mol. The average Bonchev–Trinajstić information content (AvgIpc) is 3.01. The van der Waals surface area contributed by atoms with Crippen LogP contribution in [0.3, 0.4) is 0 Å². The molecule has 0 spiro atoms. The molecule has 0 radical (unpaired) electrons. The molecule has 0 saturated carbocycles. The maximum absolute atomic E-state index is 12.4. The Kier molecular flexibility index (Phi) is 5.37. The number of hydrogen-bond donors (Lipinski definition) is 2. The maximum Gasteiger partial charge on any atom is 0.327 e. The summed E-state index contributed by atoms with van der Waals surface area (Å²) < 4.78 is 0. The third kappa shape index (κ3) is 3.83. The first kappa shape index (κ1) is 16.4. The largest absolute Gasteiger partial charge is 0.480 e. The second kappa shape index (κ2) is 6.87. The van der Waals surface area contributed by atoms with Gasteiger partial charge in [-0.2, -0.15) is 0 Å². The number of nitrogens with one attached hydrogen (secondary N) is 1. The Labute approximate surface area is 130 Å². The summed E-state index contributed by atoms with van der Waals surface area (Å²) in [7, 11) is 2.08. The lowest BCUT2D eigenvalue weighted by Gasteiger charge is -2.30. The van der Waals surface area contributed by atoms with Crippen LogP contribution in [0.2, 0.25) is 0 Å². The second-order valence-electron chi connectivity index (χ2n) is 6.33. The zero-order valence-corrected chi connectivity index (χ0v) is 13.7. The van der Waals surface area contributed by atoms with Crippen molar-refractivity contribution in [1.82, 2.24) is 15.1 Å². The van der Waals surface area contributed by atoms with Crippen molar-refractivity contribution < 1.29 is 14.7 Å². The van der Waals surface area contributed by atoms with Crippen molar-refractivity contribution in [3.05, 3.63) is 0 Å². The minimum Gasteiger partial charge on any atom is -0.480 e. The minimum atomic E-state index is -0.915. The van der Waals surface area contributed by atoms with Crippen molar-refractivity contribution in [2.45, 2.75) is 31.7 Å². The van der Waals surface area contributed by atoms with Crippen LogP contribution in [0.5, 0.6) is 0 Å². The van der Waals surface area contributed by atoms with Gasteiger partial charge in [-0.3, -0.25) is 4.90 Å². The van der Waals surface area contributed by atoms with E-state index in [0.717, 1.165) is 19.5 Å². The van der Waals surface area contributed by atoms with Gasteiger partial charge >= 0.3 is 12.0 Å². The van der Waals surface area contributed by atoms with E-state index in [1.54, 1.807) is 11.8 Å². The smallest absolute Gasteiger partial charge is 0.327 e. The lowest BCUT2D eigenvalue weighted by Crippen LogP contribution is -2.52. The normalized spacial score (nSPS) is 30.1. The molecule has 0 aromatic rings. The molecule has 2 aliphatic heterocycles. The van der Waals surface area contributed by atoms with Gasteiger partial charge in [-0.1, -0.05) is 13.8 Å². The summed E-state index contributed by atoms with van der Waals surface area (Å²) in [6, 6.07) is -0.950. The third-order valence-electron chi connectivity index (χ3n) is 4.16. The van der Waals surface area contributed by atoms with Crippen molar-refractivity contribution in [2.24, 2.45) is 11.8 Å². The molecule has 2 saturated heterocycles. The Morgan fingerprint density at radius 1 is 1.43 bits per heavy atom. The number of urea groups is 1. The number of likely N-dealkylation sites (tertiary alicyclic amines) is 1. The summed E-state index contributed by atoms with van der Waals surface area (Å²) in [5, 5.41) is 12.2. The number of thioether (sulfide) groups is 1. The molecule has 3 unspecified atom stereocenters. The van der Waals surface area contributed by atoms with Crippen molar-refractivity contribution in [2.75, 3.05) is 32.4 Å². The fourth-order valence-corrected chi connectivity index (χ4v) is 4.48. The molecule has 2 heterocycles. The van der Waals surface area contributed by atoms with E-state index in [1.807, 2.05) is 13.8 Å². The maximum atomic E-state index is 12.4. The molecule has 2 rings (SSSR count). The monoisotopic (exact) mass is 315 g/mol. The molecular formula is C14H25N3O3S. The molecule has 2 fully saturated rings. The van der Waals surface area contributed by atoms with Crippen LogP contribution < -0.4 is 5.32 Å². The first-order valence-electron chi connectivity index (χ1n) is 7.49. The van der Waals surface area contributed by atoms with Crippen LogP contribution in [0, 0.1) is 11.8 Å². The summed E-state index contributed by atoms with van der Waals surface area (Å²) in [4.78, 5) is 27.6. The second-order valence-corrected chi connectivity index (χ2v) is 7.48. The Morgan fingerprint density at radius 2 is 2.14 bits per heavy atom. The highest BCUT2D eigenvalue weighted by atomic mass is 32.2. The number of amides is 2. The Hall–Kier alpha value is -0.950. The molecule has 0 aromatic carbocycles. The number of hydrogen-bond acceptors (Lipinski definition) is 4. The predicted molar refractivity (Wildman–Crippen MR) is 83.3 cm³/mol. The molecule has 2 amide bonds. The van der Waals surface area contributed by atoms with Crippen LogP contribution in [-0.2, 0) is 4.79 Å². The summed E-state index contributed by atoms with van der Waals surface area (Å²) in [6.07, 6.45) is 1.08. The molecule has 0 aliphatic carbocycles. The molecule has 120 valence electrons. The van der Waals surface area contributed by atoms with Crippen molar-refractivity contribution in [3.63, 3.8) is 0 Å². The van der Waals surface area contributed by atoms with Gasteiger partial charge in [0, 0.05) is 18.8 Å². The van der Waals surface area contributed by atoms with Crippen LogP contribution in [0.1, 0.15) is 20.3 Å². The SMILES string of the molecule is CC(C)C1SCC(C(=O)O)N1C(=O)NCC1CCN(C)C1. The Bertz CT molecular complexity index is 405. The van der Waals surface area contributed by atoms with Gasteiger partial charge in [0.25, 0.3) is 0 Å². The third-order valence-corrected chi connectivity index (χ3v) is 5.78. The lowest BCUT2D eigenvalue weighted by molar-refractivity contribution is -0.141. The van der Waals surface area contributed by atoms with E-state index >= 15 is 0 Å². The topological polar surface area (TPSA) is 72.9 Å². The lowest BCUT2D eigenvalue weighted by atomic mass is 10.1. The van der Waals surface area contributed by atoms with Gasteiger partial charge < -0.3 is 15.3 Å². The molecule has 0 aromatic heterocycles. The van der Waals surface area contributed by atoms with Gasteiger partial charge in [-0.15, -0.1) is 11.8 Å². The van der Waals surface area contributed by atoms with Crippen LogP contribution in [0.15, 0.2) is 0 Å². The number of rotatable bonds is 4. The highest BCUT2D eigenvalue weighted by Gasteiger charge is 2.43. The van der Waals surface area contributed by atoms with Crippen LogP contribution in [0.25, 0.3) is 0 Å². The van der Waals surface area contributed by atoms with Crippen LogP contribution in [-0.4, -0.2) is 70.8 Å². The molecule has 0 bridgehead atoms. The molecule has 21 heavy (non-hydrogen) atoms. The van der Waals surface area contributed by atoms with Gasteiger partial charge in [-0.05, 0) is 31.8 Å². The number of aliphatic carboxylic acids is 1. The summed E-state index contributed by atoms with van der Waals surface area (Å²) in [5.74, 6) is 0.261. The van der Waals surface area contributed by atoms with Gasteiger partial charge in [0.15, 0.2) is 0 Å². The molecule has 2 N–H and O–H groups in total. The standard InChI is InChI=1S/C14H25N3O3S/c1-9(2)12-17(11(8-21-12)13(18)19)14(20)15-6-10-4-5-16(3)7-10/h9-12H,4-8H2,1-3H3,(H,15,20)(H,18,19). The molecular weight excluding hydrogens is 290 g/mol. The quantitative estimate of drug-likeness (QED) is 0.814. The fraction of sp³-hybridized carbons (Fsp3) is 0.857. The van der Waals surface area contributed by atoms with E-state index in [1.165, 1.54) is 4.90 Å². The van der Waals surface area contributed by atoms with Crippen LogP contribution >= 0.6 is 11.8 Å². The predicted octanol–water partition coefficient (Wildman–Crippen LogP) is 1.13. The molecule has 6 nitrogen and oxygen atoms in total. The minimum absolute atomic E-state index is 0.0580. The van der Waals surface area contributed by atoms with E-state index in [2.05, 4.69) is 17.3 Å². The van der Waals surface area contributed by atoms with Gasteiger partial charge in [0.1, 0.15) is 6.04 Å². The number of carboxylic acid groups (broad SMARTS) is 1. The number of carbonyl (C=O) groups is 2. The van der Waals surface area contributed by atoms with Crippen LogP contribution in [0.4, 0.5) is 4.79 Å². The van der Waals surface area contributed by atoms with Crippen molar-refractivity contribution in [1.29, 1.82) is 0 Å². The first-order valence-corrected chi connectivity index (χ1v) is 8.54. The summed E-state index contributed by atoms with van der Waals surface area (Å²) in [5.41, 5.74) is 0. The first-order chi connectivity index (χ1) is 9.90. The molecule has 2 aliphatic rings. The number of carboxylic acids is 1. The zero-order valence-electron chi connectivity index (χ0n) is 12.9. The van der Waals surface area contributed by atoms with Gasteiger partial charge in [0.2, 0.25) is 0 Å². The van der Waals surface area contributed by atoms with E-state index in [4.69, 9.17) is 0 Å². The number of nitrogens with zero attached hydrogens (tertiary/aromatic N) is 2. The highest BCUT2D eigenvalue weighted by molar-refractivity contribution is 8.00. The highest BCUT2D eigenvalue weighted by Crippen LogP contribution is 2.34. The van der Waals surface area contributed by atoms with E-state index < -0.39 is 12.0 Å². The Balaban J connectivity index is 1.95. The molecule has 7 heteroatoms. The van der Waals surface area contributed by atoms with E-state index in [9.17, 15) is 14.7 Å². The Morgan fingerprint density at radius 3 is 2.67 bits per heavy atom. The van der Waals surface area contributed by atoms with Gasteiger partial charge in [-0.25, -0.2) is 9.59 Å². The van der Waals surface area contributed by atoms with Gasteiger partial charge in [0.05, 0.1) is 5.37 Å². The fourth-order valence-electron chi connectivity index (χ4n) is 3.00. The molecule has 3 atom stereocenters. The van der Waals surface area contributed by atoms with Crippen molar-refractivity contribution in [3.8, 4) is 0 Å². The number of carbonyl (C=O) groups excluding carboxylic acids is 1. The summed E-state index contributed by atoms with van der Waals surface area (Å²) in [6.45, 7) is 6.72. The summed E-state index contributed by atoms with van der Waals surface area (Å²) >= 11 is 1.56. The van der Waals surface area contributed by atoms with E-state index in [-0.39, 0.29) is 17.3 Å². The van der Waals surface area contributed by atoms with E-state index in [0.29, 0.717) is 18.2 Å².